The van der Waals surface area contributed by atoms with Crippen molar-refractivity contribution in [2.45, 2.75) is 19.5 Å². The van der Waals surface area contributed by atoms with Crippen LogP contribution >= 0.6 is 23.2 Å². The van der Waals surface area contributed by atoms with E-state index in [9.17, 15) is 14.0 Å². The van der Waals surface area contributed by atoms with E-state index in [4.69, 9.17) is 27.9 Å². The summed E-state index contributed by atoms with van der Waals surface area (Å²) in [6.45, 7) is 1.42. The summed E-state index contributed by atoms with van der Waals surface area (Å²) >= 11 is 11.9. The van der Waals surface area contributed by atoms with Crippen molar-refractivity contribution in [3.8, 4) is 5.75 Å². The lowest BCUT2D eigenvalue weighted by Gasteiger charge is -2.28. The molecule has 2 rings (SSSR count). The van der Waals surface area contributed by atoms with Gasteiger partial charge in [0.2, 0.25) is 5.91 Å². The molecule has 0 spiro atoms. The van der Waals surface area contributed by atoms with Crippen molar-refractivity contribution in [3.05, 3.63) is 63.9 Å². The molecule has 2 aromatic rings. The van der Waals surface area contributed by atoms with Crippen LogP contribution in [-0.2, 0) is 16.1 Å². The fourth-order valence-corrected chi connectivity index (χ4v) is 2.86. The van der Waals surface area contributed by atoms with E-state index in [-0.39, 0.29) is 29.9 Å². The van der Waals surface area contributed by atoms with E-state index >= 15 is 0 Å². The van der Waals surface area contributed by atoms with Gasteiger partial charge in [-0.15, -0.1) is 0 Å². The minimum atomic E-state index is -0.739. The summed E-state index contributed by atoms with van der Waals surface area (Å²) in [6.07, 6.45) is 0. The van der Waals surface area contributed by atoms with Gasteiger partial charge in [-0.25, -0.2) is 4.39 Å². The monoisotopic (exact) mass is 412 g/mol. The van der Waals surface area contributed by atoms with Gasteiger partial charge in [-0.2, -0.15) is 0 Å². The molecule has 0 saturated heterocycles. The zero-order valence-electron chi connectivity index (χ0n) is 14.8. The van der Waals surface area contributed by atoms with Gasteiger partial charge in [-0.05, 0) is 42.8 Å². The molecule has 0 heterocycles. The van der Waals surface area contributed by atoms with Crippen LogP contribution in [0.5, 0.6) is 5.75 Å². The highest BCUT2D eigenvalue weighted by molar-refractivity contribution is 6.35. The van der Waals surface area contributed by atoms with Gasteiger partial charge in [-0.1, -0.05) is 35.3 Å². The van der Waals surface area contributed by atoms with E-state index in [0.29, 0.717) is 16.3 Å². The molecule has 0 aromatic heterocycles. The summed E-state index contributed by atoms with van der Waals surface area (Å²) in [5.74, 6) is -0.808. The van der Waals surface area contributed by atoms with Crippen LogP contribution in [0.2, 0.25) is 10.0 Å². The Morgan fingerprint density at radius 1 is 1.19 bits per heavy atom. The average molecular weight is 413 g/mol. The first-order valence-corrected chi connectivity index (χ1v) is 8.90. The van der Waals surface area contributed by atoms with Gasteiger partial charge < -0.3 is 15.0 Å². The summed E-state index contributed by atoms with van der Waals surface area (Å²) in [5, 5.41) is 3.24. The van der Waals surface area contributed by atoms with Crippen LogP contribution in [0.15, 0.2) is 42.5 Å². The Morgan fingerprint density at radius 2 is 1.85 bits per heavy atom. The van der Waals surface area contributed by atoms with Gasteiger partial charge in [-0.3, -0.25) is 9.59 Å². The molecule has 2 amide bonds. The highest BCUT2D eigenvalue weighted by Gasteiger charge is 2.26. The van der Waals surface area contributed by atoms with E-state index in [0.717, 1.165) is 0 Å². The van der Waals surface area contributed by atoms with Crippen LogP contribution in [0.25, 0.3) is 0 Å². The second kappa shape index (κ2) is 9.58. The molecule has 5 nitrogen and oxygen atoms in total. The quantitative estimate of drug-likeness (QED) is 0.754. The Kier molecular flexibility index (Phi) is 7.45. The smallest absolute Gasteiger partial charge is 0.261 e. The molecular weight excluding hydrogens is 394 g/mol. The molecule has 0 bridgehead atoms. The van der Waals surface area contributed by atoms with Crippen molar-refractivity contribution >= 4 is 35.0 Å². The lowest BCUT2D eigenvalue weighted by molar-refractivity contribution is -0.142. The SMILES string of the molecule is CNC(=O)[C@@H](C)N(Cc1ccc(F)cc1)C(=O)COc1ccc(Cl)cc1Cl. The molecule has 0 radical (unpaired) electrons. The molecule has 8 heteroatoms. The van der Waals surface area contributed by atoms with Crippen molar-refractivity contribution in [3.63, 3.8) is 0 Å². The summed E-state index contributed by atoms with van der Waals surface area (Å²) < 4.78 is 18.6. The molecule has 0 fully saturated rings. The molecule has 1 N–H and O–H groups in total. The number of halogens is 3. The fraction of sp³-hybridized carbons (Fsp3) is 0.263. The van der Waals surface area contributed by atoms with Crippen molar-refractivity contribution in [2.75, 3.05) is 13.7 Å². The van der Waals surface area contributed by atoms with Crippen LogP contribution in [0.1, 0.15) is 12.5 Å². The average Bonchev–Trinajstić information content (AvgIpc) is 2.65. The van der Waals surface area contributed by atoms with Crippen molar-refractivity contribution in [2.24, 2.45) is 0 Å². The maximum atomic E-state index is 13.1. The van der Waals surface area contributed by atoms with Crippen molar-refractivity contribution in [1.82, 2.24) is 10.2 Å². The van der Waals surface area contributed by atoms with Gasteiger partial charge in [0, 0.05) is 18.6 Å². The Labute approximate surface area is 167 Å². The predicted molar refractivity (Wildman–Crippen MR) is 102 cm³/mol. The lowest BCUT2D eigenvalue weighted by atomic mass is 10.1. The number of nitrogens with zero attached hydrogens (tertiary/aromatic N) is 1. The van der Waals surface area contributed by atoms with E-state index in [1.165, 1.54) is 30.1 Å². The zero-order chi connectivity index (χ0) is 20.0. The second-order valence-corrected chi connectivity index (χ2v) is 6.65. The largest absolute Gasteiger partial charge is 0.482 e. The number of carbonyl (C=O) groups is 2. The number of hydrogen-bond acceptors (Lipinski definition) is 3. The Balaban J connectivity index is 2.14. The second-order valence-electron chi connectivity index (χ2n) is 5.80. The molecule has 1 atom stereocenters. The van der Waals surface area contributed by atoms with Crippen LogP contribution < -0.4 is 10.1 Å². The maximum Gasteiger partial charge on any atom is 0.261 e. The van der Waals surface area contributed by atoms with E-state index < -0.39 is 11.9 Å². The van der Waals surface area contributed by atoms with Gasteiger partial charge in [0.1, 0.15) is 17.6 Å². The summed E-state index contributed by atoms with van der Waals surface area (Å²) in [4.78, 5) is 26.1. The number of rotatable bonds is 7. The summed E-state index contributed by atoms with van der Waals surface area (Å²) in [6, 6.07) is 9.63. The highest BCUT2D eigenvalue weighted by Crippen LogP contribution is 2.27. The number of likely N-dealkylation sites (N-methyl/N-ethyl adjacent to an activating group) is 1. The van der Waals surface area contributed by atoms with Crippen LogP contribution in [0.3, 0.4) is 0 Å². The van der Waals surface area contributed by atoms with Crippen LogP contribution in [0.4, 0.5) is 4.39 Å². The molecule has 144 valence electrons. The number of amides is 2. The third kappa shape index (κ3) is 5.84. The first-order valence-electron chi connectivity index (χ1n) is 8.15. The first kappa shape index (κ1) is 21.0. The highest BCUT2D eigenvalue weighted by atomic mass is 35.5. The standard InChI is InChI=1S/C19H19Cl2FN2O3/c1-12(19(26)23-2)24(10-13-3-6-15(22)7-4-13)18(25)11-27-17-8-5-14(20)9-16(17)21/h3-9,12H,10-11H2,1-2H3,(H,23,26)/t12-/m1/s1. The van der Waals surface area contributed by atoms with E-state index in [1.54, 1.807) is 31.2 Å². The topological polar surface area (TPSA) is 58.6 Å². The van der Waals surface area contributed by atoms with E-state index in [1.807, 2.05) is 0 Å². The van der Waals surface area contributed by atoms with E-state index in [2.05, 4.69) is 5.32 Å². The molecule has 0 unspecified atom stereocenters. The number of ether oxygens (including phenoxy) is 1. The normalized spacial score (nSPS) is 11.6. The maximum absolute atomic E-state index is 13.1. The minimum Gasteiger partial charge on any atom is -0.482 e. The molecule has 0 aliphatic rings. The molecule has 27 heavy (non-hydrogen) atoms. The summed E-state index contributed by atoms with van der Waals surface area (Å²) in [5.41, 5.74) is 0.685. The Hall–Kier alpha value is -2.31. The number of nitrogens with one attached hydrogen (secondary N) is 1. The van der Waals surface area contributed by atoms with Gasteiger partial charge >= 0.3 is 0 Å². The van der Waals surface area contributed by atoms with Gasteiger partial charge in [0.25, 0.3) is 5.91 Å². The third-order valence-electron chi connectivity index (χ3n) is 3.92. The lowest BCUT2D eigenvalue weighted by Crippen LogP contribution is -2.48. The van der Waals surface area contributed by atoms with Crippen LogP contribution in [0, 0.1) is 5.82 Å². The molecule has 2 aromatic carbocycles. The number of carbonyl (C=O) groups excluding carboxylic acids is 2. The predicted octanol–water partition coefficient (Wildman–Crippen LogP) is 3.67. The Bertz CT molecular complexity index is 815. The fourth-order valence-electron chi connectivity index (χ4n) is 2.39. The minimum absolute atomic E-state index is 0.130. The molecular formula is C19H19Cl2FN2O3. The van der Waals surface area contributed by atoms with Gasteiger partial charge in [0.15, 0.2) is 6.61 Å². The van der Waals surface area contributed by atoms with Crippen molar-refractivity contribution < 1.29 is 18.7 Å². The van der Waals surface area contributed by atoms with Crippen molar-refractivity contribution in [1.29, 1.82) is 0 Å². The van der Waals surface area contributed by atoms with Crippen LogP contribution in [-0.4, -0.2) is 36.4 Å². The zero-order valence-corrected chi connectivity index (χ0v) is 16.4. The Morgan fingerprint density at radius 3 is 2.44 bits per heavy atom. The number of hydrogen-bond donors (Lipinski definition) is 1. The molecule has 0 aliphatic carbocycles. The first-order chi connectivity index (χ1) is 12.8. The third-order valence-corrected chi connectivity index (χ3v) is 4.46. The molecule has 0 saturated carbocycles. The van der Waals surface area contributed by atoms with Gasteiger partial charge in [0.05, 0.1) is 5.02 Å². The molecule has 0 aliphatic heterocycles. The summed E-state index contributed by atoms with van der Waals surface area (Å²) in [7, 11) is 1.49. The number of benzene rings is 2.